The zero-order valence-electron chi connectivity index (χ0n) is 17.2. The Balaban J connectivity index is 1.37. The highest BCUT2D eigenvalue weighted by Gasteiger charge is 2.43. The molecule has 2 fully saturated rings. The number of amides is 2. The summed E-state index contributed by atoms with van der Waals surface area (Å²) in [6, 6.07) is 8.58. The molecular weight excluding hydrogens is 382 g/mol. The zero-order chi connectivity index (χ0) is 20.9. The summed E-state index contributed by atoms with van der Waals surface area (Å²) in [5, 5.41) is 0. The number of ether oxygens (including phenoxy) is 1. The van der Waals surface area contributed by atoms with E-state index in [-0.39, 0.29) is 18.2 Å². The number of carbonyl (C=O) groups excluding carboxylic acids is 2. The average Bonchev–Trinajstić information content (AvgIpc) is 3.09. The van der Waals surface area contributed by atoms with Gasteiger partial charge in [0.1, 0.15) is 5.75 Å². The SMILES string of the molecule is CCCCOc1ccc(N2C(=O)C[C@H](N3CCN(c4ncccn4)CC3)C2=O)cc1. The summed E-state index contributed by atoms with van der Waals surface area (Å²) in [7, 11) is 0. The molecule has 8 heteroatoms. The average molecular weight is 409 g/mol. The number of anilines is 2. The number of hydrogen-bond donors (Lipinski definition) is 0. The fraction of sp³-hybridized carbons (Fsp3) is 0.455. The molecule has 0 bridgehead atoms. The van der Waals surface area contributed by atoms with Gasteiger partial charge in [-0.2, -0.15) is 0 Å². The third-order valence-corrected chi connectivity index (χ3v) is 5.57. The van der Waals surface area contributed by atoms with Crippen LogP contribution in [0.25, 0.3) is 0 Å². The lowest BCUT2D eigenvalue weighted by molar-refractivity contribution is -0.123. The molecule has 2 aliphatic rings. The fourth-order valence-corrected chi connectivity index (χ4v) is 3.89. The van der Waals surface area contributed by atoms with Gasteiger partial charge in [-0.1, -0.05) is 13.3 Å². The Hall–Kier alpha value is -3.00. The highest BCUT2D eigenvalue weighted by Crippen LogP contribution is 2.28. The van der Waals surface area contributed by atoms with E-state index in [2.05, 4.69) is 26.7 Å². The largest absolute Gasteiger partial charge is 0.494 e. The first-order valence-electron chi connectivity index (χ1n) is 10.5. The van der Waals surface area contributed by atoms with Crippen molar-refractivity contribution in [3.8, 4) is 5.75 Å². The van der Waals surface area contributed by atoms with Crippen LogP contribution >= 0.6 is 0 Å². The number of benzene rings is 1. The molecule has 2 amide bonds. The minimum Gasteiger partial charge on any atom is -0.494 e. The Bertz CT molecular complexity index is 866. The van der Waals surface area contributed by atoms with Crippen molar-refractivity contribution in [2.24, 2.45) is 0 Å². The molecule has 158 valence electrons. The van der Waals surface area contributed by atoms with E-state index >= 15 is 0 Å². The summed E-state index contributed by atoms with van der Waals surface area (Å²) in [6.45, 7) is 5.62. The van der Waals surface area contributed by atoms with Crippen LogP contribution < -0.4 is 14.5 Å². The topological polar surface area (TPSA) is 78.9 Å². The molecule has 0 spiro atoms. The van der Waals surface area contributed by atoms with Gasteiger partial charge in [-0.05, 0) is 36.8 Å². The summed E-state index contributed by atoms with van der Waals surface area (Å²) in [4.78, 5) is 39.8. The van der Waals surface area contributed by atoms with E-state index in [4.69, 9.17) is 4.74 Å². The second kappa shape index (κ2) is 9.21. The lowest BCUT2D eigenvalue weighted by Gasteiger charge is -2.36. The van der Waals surface area contributed by atoms with E-state index in [0.717, 1.165) is 31.7 Å². The number of aromatic nitrogens is 2. The Morgan fingerprint density at radius 3 is 2.40 bits per heavy atom. The fourth-order valence-electron chi connectivity index (χ4n) is 3.89. The second-order valence-electron chi connectivity index (χ2n) is 7.56. The van der Waals surface area contributed by atoms with Gasteiger partial charge >= 0.3 is 0 Å². The number of unbranched alkanes of at least 4 members (excludes halogenated alkanes) is 1. The molecule has 0 radical (unpaired) electrons. The third kappa shape index (κ3) is 4.28. The minimum absolute atomic E-state index is 0.149. The first-order chi connectivity index (χ1) is 14.7. The van der Waals surface area contributed by atoms with Gasteiger partial charge in [-0.3, -0.25) is 14.5 Å². The molecule has 1 aromatic heterocycles. The normalized spacial score (nSPS) is 20.1. The summed E-state index contributed by atoms with van der Waals surface area (Å²) in [6.07, 6.45) is 5.74. The van der Waals surface area contributed by atoms with E-state index in [1.54, 1.807) is 30.6 Å². The summed E-state index contributed by atoms with van der Waals surface area (Å²) >= 11 is 0. The Labute approximate surface area is 176 Å². The maximum atomic E-state index is 13.1. The molecule has 0 N–H and O–H groups in total. The lowest BCUT2D eigenvalue weighted by Crippen LogP contribution is -2.53. The quantitative estimate of drug-likeness (QED) is 0.512. The summed E-state index contributed by atoms with van der Waals surface area (Å²) in [5.74, 6) is 1.15. The predicted octanol–water partition coefficient (Wildman–Crippen LogP) is 2.11. The van der Waals surface area contributed by atoms with Crippen LogP contribution in [0.5, 0.6) is 5.75 Å². The monoisotopic (exact) mass is 409 g/mol. The standard InChI is InChI=1S/C22H27N5O3/c1-2-3-15-30-18-7-5-17(6-8-18)27-20(28)16-19(21(27)29)25-11-13-26(14-12-25)22-23-9-4-10-24-22/h4-10,19H,2-3,11-16H2,1H3/t19-/m0/s1. The second-order valence-corrected chi connectivity index (χ2v) is 7.56. The number of hydrogen-bond acceptors (Lipinski definition) is 7. The van der Waals surface area contributed by atoms with Gasteiger partial charge in [0.05, 0.1) is 24.8 Å². The van der Waals surface area contributed by atoms with Crippen molar-refractivity contribution in [3.05, 3.63) is 42.7 Å². The van der Waals surface area contributed by atoms with Crippen molar-refractivity contribution in [1.29, 1.82) is 0 Å². The van der Waals surface area contributed by atoms with Crippen LogP contribution in [0, 0.1) is 0 Å². The van der Waals surface area contributed by atoms with Crippen molar-refractivity contribution in [3.63, 3.8) is 0 Å². The van der Waals surface area contributed by atoms with Gasteiger partial charge in [-0.25, -0.2) is 14.9 Å². The maximum Gasteiger partial charge on any atom is 0.251 e. The third-order valence-electron chi connectivity index (χ3n) is 5.57. The number of nitrogens with zero attached hydrogens (tertiary/aromatic N) is 5. The van der Waals surface area contributed by atoms with Crippen LogP contribution in [0.15, 0.2) is 42.7 Å². The van der Waals surface area contributed by atoms with Crippen LogP contribution in [-0.4, -0.2) is 65.5 Å². The van der Waals surface area contributed by atoms with Crippen molar-refractivity contribution in [1.82, 2.24) is 14.9 Å². The highest BCUT2D eigenvalue weighted by atomic mass is 16.5. The molecule has 30 heavy (non-hydrogen) atoms. The first kappa shape index (κ1) is 20.3. The number of piperazine rings is 1. The van der Waals surface area contributed by atoms with E-state index in [9.17, 15) is 9.59 Å². The number of carbonyl (C=O) groups is 2. The molecule has 1 atom stereocenters. The summed E-state index contributed by atoms with van der Waals surface area (Å²) < 4.78 is 5.67. The maximum absolute atomic E-state index is 13.1. The molecule has 8 nitrogen and oxygen atoms in total. The molecular formula is C22H27N5O3. The Kier molecular flexibility index (Phi) is 6.23. The van der Waals surface area contributed by atoms with Crippen LogP contribution in [0.3, 0.4) is 0 Å². The van der Waals surface area contributed by atoms with E-state index in [1.807, 2.05) is 12.1 Å². The van der Waals surface area contributed by atoms with Crippen LogP contribution in [0.2, 0.25) is 0 Å². The molecule has 2 aromatic rings. The van der Waals surface area contributed by atoms with Gasteiger partial charge in [0, 0.05) is 38.6 Å². The van der Waals surface area contributed by atoms with Crippen LogP contribution in [0.4, 0.5) is 11.6 Å². The first-order valence-corrected chi connectivity index (χ1v) is 10.5. The molecule has 2 saturated heterocycles. The summed E-state index contributed by atoms with van der Waals surface area (Å²) in [5.41, 5.74) is 0.603. The number of imide groups is 1. The highest BCUT2D eigenvalue weighted by molar-refractivity contribution is 6.22. The minimum atomic E-state index is -0.406. The Morgan fingerprint density at radius 2 is 1.73 bits per heavy atom. The predicted molar refractivity (Wildman–Crippen MR) is 114 cm³/mol. The molecule has 0 unspecified atom stereocenters. The molecule has 2 aliphatic heterocycles. The Morgan fingerprint density at radius 1 is 1.03 bits per heavy atom. The van der Waals surface area contributed by atoms with Crippen LogP contribution in [-0.2, 0) is 9.59 Å². The van der Waals surface area contributed by atoms with E-state index in [1.165, 1.54) is 4.90 Å². The van der Waals surface area contributed by atoms with Gasteiger partial charge < -0.3 is 9.64 Å². The molecule has 0 aliphatic carbocycles. The number of rotatable bonds is 7. The van der Waals surface area contributed by atoms with Crippen LogP contribution in [0.1, 0.15) is 26.2 Å². The molecule has 0 saturated carbocycles. The smallest absolute Gasteiger partial charge is 0.251 e. The molecule has 1 aromatic carbocycles. The zero-order valence-corrected chi connectivity index (χ0v) is 17.2. The van der Waals surface area contributed by atoms with Crippen molar-refractivity contribution in [2.75, 3.05) is 42.6 Å². The van der Waals surface area contributed by atoms with E-state index < -0.39 is 6.04 Å². The molecule has 3 heterocycles. The van der Waals surface area contributed by atoms with Crippen molar-refractivity contribution in [2.45, 2.75) is 32.2 Å². The van der Waals surface area contributed by atoms with E-state index in [0.29, 0.717) is 31.3 Å². The van der Waals surface area contributed by atoms with Crippen molar-refractivity contribution >= 4 is 23.5 Å². The van der Waals surface area contributed by atoms with Gasteiger partial charge in [0.2, 0.25) is 11.9 Å². The lowest BCUT2D eigenvalue weighted by atomic mass is 10.2. The van der Waals surface area contributed by atoms with Gasteiger partial charge in [0.25, 0.3) is 5.91 Å². The van der Waals surface area contributed by atoms with Crippen molar-refractivity contribution < 1.29 is 14.3 Å². The molecule has 4 rings (SSSR count). The van der Waals surface area contributed by atoms with Gasteiger partial charge in [-0.15, -0.1) is 0 Å². The van der Waals surface area contributed by atoms with Gasteiger partial charge in [0.15, 0.2) is 0 Å².